The Kier molecular flexibility index (Phi) is 5.33. The third-order valence-electron chi connectivity index (χ3n) is 3.36. The molecule has 0 amide bonds. The first-order valence-corrected chi connectivity index (χ1v) is 8.40. The maximum atomic E-state index is 13.7. The van der Waals surface area contributed by atoms with Crippen molar-refractivity contribution in [1.82, 2.24) is 4.31 Å². The molecule has 124 valence electrons. The summed E-state index contributed by atoms with van der Waals surface area (Å²) in [6.07, 6.45) is 0. The molecule has 0 aliphatic carbocycles. The molecule has 2 rings (SSSR count). The Hall–Kier alpha value is -1.99. The van der Waals surface area contributed by atoms with Crippen LogP contribution in [0.4, 0.5) is 8.78 Å². The fourth-order valence-electron chi connectivity index (χ4n) is 2.16. The molecule has 0 saturated carbocycles. The first-order chi connectivity index (χ1) is 10.9. The van der Waals surface area contributed by atoms with E-state index in [1.165, 1.54) is 37.4 Å². The van der Waals surface area contributed by atoms with Gasteiger partial charge in [-0.3, -0.25) is 0 Å². The number of nitrogens with zero attached hydrogens (tertiary/aromatic N) is 1. The molecule has 0 aliphatic rings. The molecule has 0 aliphatic heterocycles. The molecule has 0 fully saturated rings. The SMILES string of the molecule is CCN(Cc1ccc(OC)c(F)c1)S(=O)(=O)c1cccc(F)c1. The van der Waals surface area contributed by atoms with Crippen LogP contribution in [0.25, 0.3) is 0 Å². The number of ether oxygens (including phenoxy) is 1. The largest absolute Gasteiger partial charge is 0.494 e. The lowest BCUT2D eigenvalue weighted by molar-refractivity contribution is 0.384. The number of rotatable bonds is 6. The molecular formula is C16H17F2NO3S. The molecule has 4 nitrogen and oxygen atoms in total. The van der Waals surface area contributed by atoms with E-state index in [0.717, 1.165) is 10.4 Å². The average molecular weight is 341 g/mol. The van der Waals surface area contributed by atoms with E-state index in [4.69, 9.17) is 4.74 Å². The van der Waals surface area contributed by atoms with E-state index in [0.29, 0.717) is 5.56 Å². The van der Waals surface area contributed by atoms with E-state index >= 15 is 0 Å². The van der Waals surface area contributed by atoms with E-state index in [1.807, 2.05) is 0 Å². The Morgan fingerprint density at radius 3 is 2.43 bits per heavy atom. The molecule has 0 unspecified atom stereocenters. The normalized spacial score (nSPS) is 11.7. The Balaban J connectivity index is 2.30. The van der Waals surface area contributed by atoms with Gasteiger partial charge < -0.3 is 4.74 Å². The minimum absolute atomic E-state index is 0.0176. The van der Waals surface area contributed by atoms with Gasteiger partial charge in [-0.05, 0) is 35.9 Å². The van der Waals surface area contributed by atoms with Crippen LogP contribution in [0.5, 0.6) is 5.75 Å². The van der Waals surface area contributed by atoms with Crippen molar-refractivity contribution in [2.75, 3.05) is 13.7 Å². The quantitative estimate of drug-likeness (QED) is 0.811. The van der Waals surface area contributed by atoms with Crippen LogP contribution in [0.2, 0.25) is 0 Å². The van der Waals surface area contributed by atoms with Crippen molar-refractivity contribution in [2.45, 2.75) is 18.4 Å². The summed E-state index contributed by atoms with van der Waals surface area (Å²) in [5, 5.41) is 0. The van der Waals surface area contributed by atoms with Crippen LogP contribution in [-0.4, -0.2) is 26.4 Å². The zero-order valence-corrected chi connectivity index (χ0v) is 13.6. The number of methoxy groups -OCH3 is 1. The molecule has 23 heavy (non-hydrogen) atoms. The molecule has 0 heterocycles. The van der Waals surface area contributed by atoms with Gasteiger partial charge in [0.1, 0.15) is 5.82 Å². The summed E-state index contributed by atoms with van der Waals surface area (Å²) in [5.74, 6) is -1.10. The van der Waals surface area contributed by atoms with Gasteiger partial charge >= 0.3 is 0 Å². The predicted molar refractivity (Wildman–Crippen MR) is 82.6 cm³/mol. The second-order valence-corrected chi connectivity index (χ2v) is 6.80. The Labute approximate surface area is 134 Å². The van der Waals surface area contributed by atoms with Gasteiger partial charge in [0.05, 0.1) is 12.0 Å². The van der Waals surface area contributed by atoms with Crippen molar-refractivity contribution >= 4 is 10.0 Å². The smallest absolute Gasteiger partial charge is 0.243 e. The number of hydrogen-bond donors (Lipinski definition) is 0. The van der Waals surface area contributed by atoms with Crippen LogP contribution in [0.3, 0.4) is 0 Å². The summed E-state index contributed by atoms with van der Waals surface area (Å²) in [6.45, 7) is 1.82. The molecule has 0 N–H and O–H groups in total. The highest BCUT2D eigenvalue weighted by molar-refractivity contribution is 7.89. The van der Waals surface area contributed by atoms with E-state index in [2.05, 4.69) is 0 Å². The molecule has 0 bridgehead atoms. The standard InChI is InChI=1S/C16H17F2NO3S/c1-3-19(11-12-7-8-16(22-2)15(18)9-12)23(20,21)14-6-4-5-13(17)10-14/h4-10H,3,11H2,1-2H3. The fourth-order valence-corrected chi connectivity index (χ4v) is 3.62. The lowest BCUT2D eigenvalue weighted by atomic mass is 10.2. The van der Waals surface area contributed by atoms with Crippen molar-refractivity contribution in [2.24, 2.45) is 0 Å². The first-order valence-electron chi connectivity index (χ1n) is 6.96. The van der Waals surface area contributed by atoms with E-state index < -0.39 is 21.7 Å². The van der Waals surface area contributed by atoms with Crippen molar-refractivity contribution in [3.63, 3.8) is 0 Å². The monoisotopic (exact) mass is 341 g/mol. The Morgan fingerprint density at radius 2 is 1.87 bits per heavy atom. The summed E-state index contributed by atoms with van der Waals surface area (Å²) in [4.78, 5) is -0.131. The lowest BCUT2D eigenvalue weighted by Gasteiger charge is -2.21. The summed E-state index contributed by atoms with van der Waals surface area (Å²) < 4.78 is 58.1. The van der Waals surface area contributed by atoms with Crippen LogP contribution < -0.4 is 4.74 Å². The second kappa shape index (κ2) is 7.06. The fraction of sp³-hybridized carbons (Fsp3) is 0.250. The second-order valence-electron chi connectivity index (χ2n) is 4.86. The van der Waals surface area contributed by atoms with Gasteiger partial charge in [0.2, 0.25) is 10.0 Å². The molecule has 0 aromatic heterocycles. The van der Waals surface area contributed by atoms with Gasteiger partial charge in [-0.2, -0.15) is 4.31 Å². The minimum Gasteiger partial charge on any atom is -0.494 e. The van der Waals surface area contributed by atoms with Gasteiger partial charge in [0.15, 0.2) is 11.6 Å². The minimum atomic E-state index is -3.86. The zero-order chi connectivity index (χ0) is 17.0. The van der Waals surface area contributed by atoms with Gasteiger partial charge in [-0.25, -0.2) is 17.2 Å². The number of sulfonamides is 1. The summed E-state index contributed by atoms with van der Waals surface area (Å²) in [7, 11) is -2.51. The number of hydrogen-bond acceptors (Lipinski definition) is 3. The third kappa shape index (κ3) is 3.86. The van der Waals surface area contributed by atoms with E-state index in [1.54, 1.807) is 13.0 Å². The van der Waals surface area contributed by atoms with E-state index in [9.17, 15) is 17.2 Å². The van der Waals surface area contributed by atoms with Crippen LogP contribution in [0, 0.1) is 11.6 Å². The van der Waals surface area contributed by atoms with Crippen molar-refractivity contribution in [1.29, 1.82) is 0 Å². The van der Waals surface area contributed by atoms with Crippen molar-refractivity contribution < 1.29 is 21.9 Å². The zero-order valence-electron chi connectivity index (χ0n) is 12.8. The highest BCUT2D eigenvalue weighted by atomic mass is 32.2. The summed E-state index contributed by atoms with van der Waals surface area (Å²) in [5.41, 5.74) is 0.477. The molecule has 0 radical (unpaired) electrons. The van der Waals surface area contributed by atoms with Gasteiger partial charge in [0.25, 0.3) is 0 Å². The maximum absolute atomic E-state index is 13.7. The number of benzene rings is 2. The van der Waals surface area contributed by atoms with Crippen LogP contribution in [-0.2, 0) is 16.6 Å². The van der Waals surface area contributed by atoms with Crippen LogP contribution in [0.1, 0.15) is 12.5 Å². The van der Waals surface area contributed by atoms with Crippen molar-refractivity contribution in [3.05, 3.63) is 59.7 Å². The molecule has 0 saturated heterocycles. The highest BCUT2D eigenvalue weighted by Gasteiger charge is 2.24. The molecule has 2 aromatic rings. The highest BCUT2D eigenvalue weighted by Crippen LogP contribution is 2.22. The number of halogens is 2. The van der Waals surface area contributed by atoms with Crippen molar-refractivity contribution in [3.8, 4) is 5.75 Å². The van der Waals surface area contributed by atoms with Gasteiger partial charge in [0, 0.05) is 13.1 Å². The summed E-state index contributed by atoms with van der Waals surface area (Å²) >= 11 is 0. The van der Waals surface area contributed by atoms with Gasteiger partial charge in [-0.15, -0.1) is 0 Å². The average Bonchev–Trinajstić information content (AvgIpc) is 2.52. The van der Waals surface area contributed by atoms with Gasteiger partial charge in [-0.1, -0.05) is 19.1 Å². The Bertz CT molecular complexity index is 794. The molecular weight excluding hydrogens is 324 g/mol. The van der Waals surface area contributed by atoms with Crippen LogP contribution in [0.15, 0.2) is 47.4 Å². The topological polar surface area (TPSA) is 46.6 Å². The van der Waals surface area contributed by atoms with E-state index in [-0.39, 0.29) is 23.7 Å². The molecule has 2 aromatic carbocycles. The lowest BCUT2D eigenvalue weighted by Crippen LogP contribution is -2.30. The maximum Gasteiger partial charge on any atom is 0.243 e. The Morgan fingerprint density at radius 1 is 1.13 bits per heavy atom. The van der Waals surface area contributed by atoms with Crippen LogP contribution >= 0.6 is 0 Å². The molecule has 0 atom stereocenters. The predicted octanol–water partition coefficient (Wildman–Crippen LogP) is 3.18. The summed E-state index contributed by atoms with van der Waals surface area (Å²) in [6, 6.07) is 9.06. The molecule has 7 heteroatoms. The molecule has 0 spiro atoms. The third-order valence-corrected chi connectivity index (χ3v) is 5.28. The first kappa shape index (κ1) is 17.4.